The molecule has 10 heteroatoms. The number of carbonyl (C=O) groups is 1. The summed E-state index contributed by atoms with van der Waals surface area (Å²) >= 11 is 12.6. The highest BCUT2D eigenvalue weighted by atomic mass is 35.5. The molecule has 3 aromatic rings. The Morgan fingerprint density at radius 2 is 2.00 bits per heavy atom. The fraction of sp³-hybridized carbons (Fsp3) is 0.150. The molecule has 1 aliphatic rings. The molecule has 0 saturated heterocycles. The number of nitrogens with zero attached hydrogens (tertiary/aromatic N) is 5. The smallest absolute Gasteiger partial charge is 0.221 e. The van der Waals surface area contributed by atoms with Gasteiger partial charge in [-0.05, 0) is 46.7 Å². The Morgan fingerprint density at radius 1 is 1.23 bits per heavy atom. The first-order chi connectivity index (χ1) is 14.4. The second kappa shape index (κ2) is 8.25. The number of hydrogen-bond donors (Lipinski definition) is 2. The van der Waals surface area contributed by atoms with Crippen LogP contribution in [0.25, 0.3) is 22.5 Å². The third-order valence-electron chi connectivity index (χ3n) is 4.63. The van der Waals surface area contributed by atoms with Crippen LogP contribution in [0, 0.1) is 0 Å². The van der Waals surface area contributed by atoms with Gasteiger partial charge in [0.1, 0.15) is 5.82 Å². The Labute approximate surface area is 182 Å². The van der Waals surface area contributed by atoms with Crippen molar-refractivity contribution in [1.29, 1.82) is 0 Å². The van der Waals surface area contributed by atoms with E-state index >= 15 is 0 Å². The number of nitrogen functional groups attached to an aromatic ring is 1. The molecule has 30 heavy (non-hydrogen) atoms. The number of aromatic nitrogens is 5. The summed E-state index contributed by atoms with van der Waals surface area (Å²) in [6.45, 7) is 1.46. The molecule has 0 fully saturated rings. The Balaban J connectivity index is 1.71. The average molecular weight is 442 g/mol. The van der Waals surface area contributed by atoms with Gasteiger partial charge in [0, 0.05) is 24.4 Å². The summed E-state index contributed by atoms with van der Waals surface area (Å²) in [4.78, 5) is 15.5. The van der Waals surface area contributed by atoms with E-state index in [1.54, 1.807) is 17.0 Å². The SMILES string of the molecule is CC(=O)Nc1ccc(-c2cnc(N)c(-c3nnnn3C3CC=CC(Cl)=C3Cl)c2)cc1. The second-order valence-corrected chi connectivity index (χ2v) is 7.53. The monoisotopic (exact) mass is 441 g/mol. The number of hydrogen-bond acceptors (Lipinski definition) is 6. The summed E-state index contributed by atoms with van der Waals surface area (Å²) in [5, 5.41) is 15.7. The first kappa shape index (κ1) is 20.1. The van der Waals surface area contributed by atoms with Crippen LogP contribution in [0.2, 0.25) is 0 Å². The average Bonchev–Trinajstić information content (AvgIpc) is 3.20. The highest BCUT2D eigenvalue weighted by Crippen LogP contribution is 2.37. The van der Waals surface area contributed by atoms with Gasteiger partial charge in [-0.15, -0.1) is 5.10 Å². The molecule has 1 unspecified atom stereocenters. The number of allylic oxidation sites excluding steroid dienone is 4. The second-order valence-electron chi connectivity index (χ2n) is 6.71. The molecular formula is C20H17Cl2N7O. The molecule has 3 N–H and O–H groups in total. The third kappa shape index (κ3) is 3.92. The van der Waals surface area contributed by atoms with Crippen molar-refractivity contribution >= 4 is 40.6 Å². The van der Waals surface area contributed by atoms with Crippen molar-refractivity contribution in [2.24, 2.45) is 0 Å². The molecule has 0 spiro atoms. The van der Waals surface area contributed by atoms with Gasteiger partial charge in [-0.2, -0.15) is 0 Å². The summed E-state index contributed by atoms with van der Waals surface area (Å²) < 4.78 is 1.60. The highest BCUT2D eigenvalue weighted by Gasteiger charge is 2.25. The van der Waals surface area contributed by atoms with E-state index in [0.717, 1.165) is 11.1 Å². The molecule has 4 rings (SSSR count). The van der Waals surface area contributed by atoms with E-state index in [4.69, 9.17) is 28.9 Å². The molecule has 1 atom stereocenters. The molecule has 0 saturated carbocycles. The number of amides is 1. The lowest BCUT2D eigenvalue weighted by Crippen LogP contribution is -2.15. The van der Waals surface area contributed by atoms with Gasteiger partial charge in [0.15, 0.2) is 5.82 Å². The fourth-order valence-electron chi connectivity index (χ4n) is 3.19. The number of nitrogens with two attached hydrogens (primary N) is 1. The van der Waals surface area contributed by atoms with Crippen molar-refractivity contribution in [3.05, 3.63) is 58.7 Å². The number of anilines is 2. The molecule has 0 radical (unpaired) electrons. The van der Waals surface area contributed by atoms with Gasteiger partial charge in [0.2, 0.25) is 5.91 Å². The van der Waals surface area contributed by atoms with Crippen molar-refractivity contribution in [2.75, 3.05) is 11.1 Å². The van der Waals surface area contributed by atoms with E-state index < -0.39 is 0 Å². The standard InChI is InChI=1S/C20H17Cl2N7O/c1-11(30)25-14-7-5-12(6-8-14)13-9-15(19(23)24-10-13)20-26-27-28-29(20)17-4-2-3-16(21)18(17)22/h2-3,5-10,17H,4H2,1H3,(H2,23,24)(H,25,30). The Kier molecular flexibility index (Phi) is 5.52. The van der Waals surface area contributed by atoms with Crippen molar-refractivity contribution in [2.45, 2.75) is 19.4 Å². The summed E-state index contributed by atoms with van der Waals surface area (Å²) in [5.41, 5.74) is 9.16. The molecule has 1 amide bonds. The van der Waals surface area contributed by atoms with Crippen molar-refractivity contribution in [1.82, 2.24) is 25.2 Å². The lowest BCUT2D eigenvalue weighted by molar-refractivity contribution is -0.114. The van der Waals surface area contributed by atoms with E-state index in [-0.39, 0.29) is 11.9 Å². The van der Waals surface area contributed by atoms with Crippen LogP contribution in [0.3, 0.4) is 0 Å². The predicted octanol–water partition coefficient (Wildman–Crippen LogP) is 4.13. The minimum atomic E-state index is -0.325. The zero-order valence-corrected chi connectivity index (χ0v) is 17.4. The molecule has 2 aromatic heterocycles. The normalized spacial score (nSPS) is 16.0. The van der Waals surface area contributed by atoms with Crippen LogP contribution in [0.15, 0.2) is 58.7 Å². The topological polar surface area (TPSA) is 112 Å². The zero-order chi connectivity index (χ0) is 21.3. The van der Waals surface area contributed by atoms with Gasteiger partial charge < -0.3 is 11.1 Å². The third-order valence-corrected chi connectivity index (χ3v) is 5.51. The Bertz CT molecular complexity index is 1170. The number of halogens is 2. The van der Waals surface area contributed by atoms with Crippen molar-refractivity contribution in [3.63, 3.8) is 0 Å². The number of rotatable bonds is 4. The first-order valence-corrected chi connectivity index (χ1v) is 9.83. The Morgan fingerprint density at radius 3 is 2.73 bits per heavy atom. The van der Waals surface area contributed by atoms with Crippen LogP contribution in [0.4, 0.5) is 11.5 Å². The van der Waals surface area contributed by atoms with Crippen LogP contribution in [-0.4, -0.2) is 31.1 Å². The van der Waals surface area contributed by atoms with Crippen LogP contribution >= 0.6 is 23.2 Å². The van der Waals surface area contributed by atoms with Crippen molar-refractivity contribution < 1.29 is 4.79 Å². The van der Waals surface area contributed by atoms with Gasteiger partial charge in [-0.25, -0.2) is 9.67 Å². The number of carbonyl (C=O) groups excluding carboxylic acids is 1. The minimum absolute atomic E-state index is 0.128. The first-order valence-electron chi connectivity index (χ1n) is 9.07. The largest absolute Gasteiger partial charge is 0.383 e. The maximum Gasteiger partial charge on any atom is 0.221 e. The maximum atomic E-state index is 11.2. The number of nitrogens with one attached hydrogen (secondary N) is 1. The molecule has 8 nitrogen and oxygen atoms in total. The number of benzene rings is 1. The highest BCUT2D eigenvalue weighted by molar-refractivity contribution is 6.40. The van der Waals surface area contributed by atoms with Crippen LogP contribution < -0.4 is 11.1 Å². The van der Waals surface area contributed by atoms with Crippen LogP contribution in [0.5, 0.6) is 0 Å². The summed E-state index contributed by atoms with van der Waals surface area (Å²) in [7, 11) is 0. The van der Waals surface area contributed by atoms with E-state index in [0.29, 0.717) is 39.4 Å². The quantitative estimate of drug-likeness (QED) is 0.629. The van der Waals surface area contributed by atoms with E-state index in [1.807, 2.05) is 36.4 Å². The predicted molar refractivity (Wildman–Crippen MR) is 117 cm³/mol. The zero-order valence-electron chi connectivity index (χ0n) is 15.9. The molecule has 1 aliphatic carbocycles. The van der Waals surface area contributed by atoms with Gasteiger partial charge in [-0.3, -0.25) is 4.79 Å². The Hall–Kier alpha value is -3.23. The summed E-state index contributed by atoms with van der Waals surface area (Å²) in [6.07, 6.45) is 5.95. The molecule has 152 valence electrons. The van der Waals surface area contributed by atoms with Crippen molar-refractivity contribution in [3.8, 4) is 22.5 Å². The van der Waals surface area contributed by atoms with E-state index in [2.05, 4.69) is 25.8 Å². The molecule has 1 aromatic carbocycles. The lowest BCUT2D eigenvalue weighted by Gasteiger charge is -2.20. The maximum absolute atomic E-state index is 11.2. The molecule has 0 aliphatic heterocycles. The molecule has 2 heterocycles. The fourth-order valence-corrected chi connectivity index (χ4v) is 3.65. The van der Waals surface area contributed by atoms with E-state index in [9.17, 15) is 4.79 Å². The van der Waals surface area contributed by atoms with Gasteiger partial charge in [0.25, 0.3) is 0 Å². The van der Waals surface area contributed by atoms with Crippen LogP contribution in [0.1, 0.15) is 19.4 Å². The summed E-state index contributed by atoms with van der Waals surface area (Å²) in [6, 6.07) is 8.95. The minimum Gasteiger partial charge on any atom is -0.383 e. The van der Waals surface area contributed by atoms with E-state index in [1.165, 1.54) is 6.92 Å². The lowest BCUT2D eigenvalue weighted by atomic mass is 10.0. The van der Waals surface area contributed by atoms with Gasteiger partial charge >= 0.3 is 0 Å². The molecular weight excluding hydrogens is 425 g/mol. The van der Waals surface area contributed by atoms with Gasteiger partial charge in [0.05, 0.1) is 21.7 Å². The number of tetrazole rings is 1. The van der Waals surface area contributed by atoms with Crippen LogP contribution in [-0.2, 0) is 4.79 Å². The summed E-state index contributed by atoms with van der Waals surface area (Å²) in [5.74, 6) is 0.609. The van der Waals surface area contributed by atoms with Gasteiger partial charge in [-0.1, -0.05) is 41.4 Å². The number of pyridine rings is 1. The molecule has 0 bridgehead atoms.